The van der Waals surface area contributed by atoms with Crippen molar-refractivity contribution in [2.45, 2.75) is 0 Å². The number of benzene rings is 2. The molecule has 0 amide bonds. The van der Waals surface area contributed by atoms with Crippen LogP contribution in [0.5, 0.6) is 11.5 Å². The predicted octanol–water partition coefficient (Wildman–Crippen LogP) is 4.36. The van der Waals surface area contributed by atoms with Gasteiger partial charge in [0, 0.05) is 6.07 Å². The summed E-state index contributed by atoms with van der Waals surface area (Å²) in [4.78, 5) is 3.17. The van der Waals surface area contributed by atoms with Crippen molar-refractivity contribution in [3.8, 4) is 17.2 Å². The number of aromatic amines is 1. The molecule has 6 heteroatoms. The van der Waals surface area contributed by atoms with E-state index in [0.29, 0.717) is 15.5 Å². The number of fused-ring (bicyclic) bond motifs is 1. The van der Waals surface area contributed by atoms with Crippen molar-refractivity contribution >= 4 is 34.9 Å². The largest absolute Gasteiger partial charge is 0.497 e. The fourth-order valence-corrected chi connectivity index (χ4v) is 2.83. The second kappa shape index (κ2) is 5.42. The summed E-state index contributed by atoms with van der Waals surface area (Å²) in [5.41, 5.74) is 2.75. The van der Waals surface area contributed by atoms with Crippen LogP contribution in [0.15, 0.2) is 36.4 Å². The molecule has 21 heavy (non-hydrogen) atoms. The number of hydrogen-bond acceptors (Lipinski definition) is 3. The average Bonchev–Trinajstić information content (AvgIpc) is 2.81. The van der Waals surface area contributed by atoms with Crippen molar-refractivity contribution in [1.29, 1.82) is 0 Å². The minimum Gasteiger partial charge on any atom is -0.497 e. The quantitative estimate of drug-likeness (QED) is 0.729. The lowest BCUT2D eigenvalue weighted by molar-refractivity contribution is 0.415. The molecule has 0 saturated carbocycles. The molecule has 0 aliphatic rings. The molecule has 108 valence electrons. The van der Waals surface area contributed by atoms with Crippen LogP contribution >= 0.6 is 23.8 Å². The van der Waals surface area contributed by atoms with E-state index in [-0.39, 0.29) is 0 Å². The van der Waals surface area contributed by atoms with Crippen LogP contribution in [-0.2, 0) is 0 Å². The zero-order valence-electron chi connectivity index (χ0n) is 11.5. The molecule has 4 nitrogen and oxygen atoms in total. The third-order valence-corrected chi connectivity index (χ3v) is 3.86. The van der Waals surface area contributed by atoms with Crippen LogP contribution in [-0.4, -0.2) is 23.8 Å². The molecule has 2 aromatic carbocycles. The van der Waals surface area contributed by atoms with E-state index in [9.17, 15) is 0 Å². The van der Waals surface area contributed by atoms with Gasteiger partial charge in [0.25, 0.3) is 0 Å². The molecule has 3 rings (SSSR count). The maximum Gasteiger partial charge on any atom is 0.182 e. The van der Waals surface area contributed by atoms with Crippen LogP contribution in [0.3, 0.4) is 0 Å². The summed E-state index contributed by atoms with van der Waals surface area (Å²) in [5, 5.41) is 0.541. The molecule has 1 aromatic heterocycles. The van der Waals surface area contributed by atoms with Crippen molar-refractivity contribution in [1.82, 2.24) is 9.55 Å². The molecule has 0 fully saturated rings. The Morgan fingerprint density at radius 2 is 1.90 bits per heavy atom. The molecule has 1 heterocycles. The first-order chi connectivity index (χ1) is 10.1. The van der Waals surface area contributed by atoms with Crippen LogP contribution in [0.4, 0.5) is 0 Å². The van der Waals surface area contributed by atoms with Crippen LogP contribution in [0, 0.1) is 4.77 Å². The molecule has 3 aromatic rings. The Kier molecular flexibility index (Phi) is 3.61. The standard InChI is InChI=1S/C15H13ClN2O2S/c1-19-10-4-5-13-12(8-10)17-15(21)18(13)9-3-6-14(20-2)11(16)7-9/h3-8H,1-2H3,(H,17,21). The summed E-state index contributed by atoms with van der Waals surface area (Å²) in [6, 6.07) is 11.3. The number of aromatic nitrogens is 2. The van der Waals surface area contributed by atoms with Gasteiger partial charge in [-0.25, -0.2) is 0 Å². The van der Waals surface area contributed by atoms with Crippen LogP contribution in [0.25, 0.3) is 16.7 Å². The van der Waals surface area contributed by atoms with Gasteiger partial charge < -0.3 is 14.5 Å². The average molecular weight is 321 g/mol. The molecule has 0 unspecified atom stereocenters. The van der Waals surface area contributed by atoms with Crippen molar-refractivity contribution in [2.24, 2.45) is 0 Å². The van der Waals surface area contributed by atoms with Crippen LogP contribution in [0.2, 0.25) is 5.02 Å². The lowest BCUT2D eigenvalue weighted by atomic mass is 10.2. The number of H-pyrrole nitrogens is 1. The second-order valence-electron chi connectivity index (χ2n) is 4.47. The summed E-state index contributed by atoms with van der Waals surface area (Å²) in [6.45, 7) is 0. The highest BCUT2D eigenvalue weighted by Crippen LogP contribution is 2.29. The lowest BCUT2D eigenvalue weighted by Gasteiger charge is -2.08. The summed E-state index contributed by atoms with van der Waals surface area (Å²) >= 11 is 11.6. The molecule has 0 spiro atoms. The van der Waals surface area contributed by atoms with E-state index in [2.05, 4.69) is 4.98 Å². The Labute approximate surface area is 131 Å². The van der Waals surface area contributed by atoms with Crippen LogP contribution < -0.4 is 9.47 Å². The van der Waals surface area contributed by atoms with Crippen molar-refractivity contribution in [3.63, 3.8) is 0 Å². The number of halogens is 1. The first-order valence-corrected chi connectivity index (χ1v) is 7.05. The van der Waals surface area contributed by atoms with Gasteiger partial charge in [0.15, 0.2) is 4.77 Å². The topological polar surface area (TPSA) is 39.2 Å². The maximum absolute atomic E-state index is 6.20. The minimum atomic E-state index is 0.541. The van der Waals surface area contributed by atoms with Crippen molar-refractivity contribution in [2.75, 3.05) is 14.2 Å². The molecule has 0 aliphatic heterocycles. The Morgan fingerprint density at radius 1 is 1.10 bits per heavy atom. The molecule has 0 bridgehead atoms. The maximum atomic E-state index is 6.20. The monoisotopic (exact) mass is 320 g/mol. The highest BCUT2D eigenvalue weighted by molar-refractivity contribution is 7.71. The summed E-state index contributed by atoms with van der Waals surface area (Å²) in [6.07, 6.45) is 0. The first-order valence-electron chi connectivity index (χ1n) is 6.26. The van der Waals surface area contributed by atoms with Gasteiger partial charge in [-0.3, -0.25) is 4.57 Å². The van der Waals surface area contributed by atoms with Gasteiger partial charge in [0.05, 0.1) is 36.0 Å². The normalized spacial score (nSPS) is 10.8. The van der Waals surface area contributed by atoms with E-state index in [4.69, 9.17) is 33.3 Å². The molecule has 0 saturated heterocycles. The highest BCUT2D eigenvalue weighted by Gasteiger charge is 2.09. The number of imidazole rings is 1. The van der Waals surface area contributed by atoms with Crippen molar-refractivity contribution in [3.05, 3.63) is 46.2 Å². The Hall–Kier alpha value is -1.98. The number of methoxy groups -OCH3 is 2. The van der Waals surface area contributed by atoms with E-state index >= 15 is 0 Å². The number of nitrogens with zero attached hydrogens (tertiary/aromatic N) is 1. The van der Waals surface area contributed by atoms with Crippen LogP contribution in [0.1, 0.15) is 0 Å². The Morgan fingerprint density at radius 3 is 2.57 bits per heavy atom. The van der Waals surface area contributed by atoms with E-state index < -0.39 is 0 Å². The van der Waals surface area contributed by atoms with Gasteiger partial charge in [0.1, 0.15) is 11.5 Å². The SMILES string of the molecule is COc1ccc2c(c1)[nH]c(=S)n2-c1ccc(OC)c(Cl)c1. The highest BCUT2D eigenvalue weighted by atomic mass is 35.5. The predicted molar refractivity (Wildman–Crippen MR) is 86.6 cm³/mol. The van der Waals surface area contributed by atoms with Gasteiger partial charge in [-0.2, -0.15) is 0 Å². The third-order valence-electron chi connectivity index (χ3n) is 3.28. The third kappa shape index (κ3) is 2.39. The van der Waals surface area contributed by atoms with Gasteiger partial charge in [-0.15, -0.1) is 0 Å². The van der Waals surface area contributed by atoms with Gasteiger partial charge in [0.2, 0.25) is 0 Å². The molecular weight excluding hydrogens is 308 g/mol. The molecule has 0 atom stereocenters. The summed E-state index contributed by atoms with van der Waals surface area (Å²) in [7, 11) is 3.22. The van der Waals surface area contributed by atoms with E-state index in [0.717, 1.165) is 22.5 Å². The van der Waals surface area contributed by atoms with E-state index in [1.807, 2.05) is 41.0 Å². The smallest absolute Gasteiger partial charge is 0.182 e. The number of nitrogens with one attached hydrogen (secondary N) is 1. The Bertz CT molecular complexity index is 870. The molecular formula is C15H13ClN2O2S. The minimum absolute atomic E-state index is 0.541. The fraction of sp³-hybridized carbons (Fsp3) is 0.133. The van der Waals surface area contributed by atoms with E-state index in [1.165, 1.54) is 0 Å². The Balaban J connectivity index is 2.22. The first kappa shape index (κ1) is 14.0. The second-order valence-corrected chi connectivity index (χ2v) is 5.26. The number of hydrogen-bond donors (Lipinski definition) is 1. The van der Waals surface area contributed by atoms with Gasteiger partial charge >= 0.3 is 0 Å². The summed E-state index contributed by atoms with van der Waals surface area (Å²) in [5.74, 6) is 1.41. The molecule has 0 aliphatic carbocycles. The zero-order chi connectivity index (χ0) is 15.0. The lowest BCUT2D eigenvalue weighted by Crippen LogP contribution is -1.95. The number of ether oxygens (including phenoxy) is 2. The molecule has 0 radical (unpaired) electrons. The van der Waals surface area contributed by atoms with Gasteiger partial charge in [-0.05, 0) is 42.5 Å². The fourth-order valence-electron chi connectivity index (χ4n) is 2.27. The molecule has 1 N–H and O–H groups in total. The van der Waals surface area contributed by atoms with Gasteiger partial charge in [-0.1, -0.05) is 11.6 Å². The van der Waals surface area contributed by atoms with E-state index in [1.54, 1.807) is 14.2 Å². The van der Waals surface area contributed by atoms with Crippen molar-refractivity contribution < 1.29 is 9.47 Å². The number of rotatable bonds is 3. The zero-order valence-corrected chi connectivity index (χ0v) is 13.1. The summed E-state index contributed by atoms with van der Waals surface area (Å²) < 4.78 is 12.9.